The molecule has 0 heterocycles. The van der Waals surface area contributed by atoms with Crippen molar-refractivity contribution < 1.29 is 17.9 Å². The van der Waals surface area contributed by atoms with E-state index in [0.29, 0.717) is 12.3 Å². The Labute approximate surface area is 104 Å². The molecule has 1 rings (SSSR count). The van der Waals surface area contributed by atoms with Crippen molar-refractivity contribution >= 4 is 0 Å². The lowest BCUT2D eigenvalue weighted by Gasteiger charge is -2.19. The zero-order valence-corrected chi connectivity index (χ0v) is 10.2. The van der Waals surface area contributed by atoms with Crippen LogP contribution in [-0.2, 0) is 6.54 Å². The van der Waals surface area contributed by atoms with Crippen LogP contribution in [0.25, 0.3) is 0 Å². The van der Waals surface area contributed by atoms with Crippen molar-refractivity contribution in [3.8, 4) is 5.75 Å². The molecule has 2 N–H and O–H groups in total. The second kappa shape index (κ2) is 6.61. The van der Waals surface area contributed by atoms with E-state index in [1.165, 1.54) is 11.9 Å². The van der Waals surface area contributed by atoms with Gasteiger partial charge in [-0.15, -0.1) is 0 Å². The molecule has 1 aromatic carbocycles. The average Bonchev–Trinajstić information content (AvgIpc) is 2.27. The zero-order valence-electron chi connectivity index (χ0n) is 10.2. The molecule has 0 aliphatic heterocycles. The molecule has 0 radical (unpaired) electrons. The van der Waals surface area contributed by atoms with Crippen LogP contribution in [-0.4, -0.2) is 37.8 Å². The van der Waals surface area contributed by atoms with Gasteiger partial charge in [-0.2, -0.15) is 13.2 Å². The number of benzene rings is 1. The molecule has 0 spiro atoms. The number of rotatable bonds is 6. The highest BCUT2D eigenvalue weighted by Crippen LogP contribution is 2.18. The van der Waals surface area contributed by atoms with Gasteiger partial charge in [-0.05, 0) is 13.1 Å². The van der Waals surface area contributed by atoms with E-state index in [4.69, 9.17) is 10.5 Å². The molecule has 0 saturated carbocycles. The van der Waals surface area contributed by atoms with Gasteiger partial charge in [0.15, 0.2) is 0 Å². The van der Waals surface area contributed by atoms with Crippen molar-refractivity contribution in [1.29, 1.82) is 0 Å². The highest BCUT2D eigenvalue weighted by Gasteiger charge is 2.28. The van der Waals surface area contributed by atoms with Crippen molar-refractivity contribution in [2.24, 2.45) is 5.73 Å². The molecular weight excluding hydrogens is 245 g/mol. The van der Waals surface area contributed by atoms with Crippen molar-refractivity contribution in [2.75, 3.05) is 26.7 Å². The van der Waals surface area contributed by atoms with Gasteiger partial charge < -0.3 is 10.5 Å². The van der Waals surface area contributed by atoms with Crippen molar-refractivity contribution in [3.05, 3.63) is 29.8 Å². The van der Waals surface area contributed by atoms with Crippen LogP contribution < -0.4 is 10.5 Å². The minimum Gasteiger partial charge on any atom is -0.492 e. The van der Waals surface area contributed by atoms with Gasteiger partial charge in [-0.3, -0.25) is 4.90 Å². The Morgan fingerprint density at radius 1 is 1.28 bits per heavy atom. The highest BCUT2D eigenvalue weighted by atomic mass is 19.4. The summed E-state index contributed by atoms with van der Waals surface area (Å²) in [6.07, 6.45) is -4.18. The predicted molar refractivity (Wildman–Crippen MR) is 63.4 cm³/mol. The molecule has 0 saturated heterocycles. The predicted octanol–water partition coefficient (Wildman–Crippen LogP) is 2.02. The maximum Gasteiger partial charge on any atom is 0.401 e. The summed E-state index contributed by atoms with van der Waals surface area (Å²) < 4.78 is 41.7. The number of halogens is 3. The smallest absolute Gasteiger partial charge is 0.401 e. The number of hydrogen-bond acceptors (Lipinski definition) is 3. The van der Waals surface area contributed by atoms with E-state index in [9.17, 15) is 13.2 Å². The van der Waals surface area contributed by atoms with Gasteiger partial charge in [0.05, 0.1) is 6.54 Å². The summed E-state index contributed by atoms with van der Waals surface area (Å²) in [6, 6.07) is 7.22. The molecule has 0 aliphatic rings. The van der Waals surface area contributed by atoms with Gasteiger partial charge in [0.1, 0.15) is 12.4 Å². The van der Waals surface area contributed by atoms with Crippen LogP contribution in [0.5, 0.6) is 5.75 Å². The summed E-state index contributed by atoms with van der Waals surface area (Å²) >= 11 is 0. The molecule has 1 aromatic rings. The summed E-state index contributed by atoms with van der Waals surface area (Å²) in [5.74, 6) is 0.625. The Bertz CT molecular complexity index is 369. The molecule has 0 aliphatic carbocycles. The molecule has 102 valence electrons. The summed E-state index contributed by atoms with van der Waals surface area (Å²) in [7, 11) is 1.41. The quantitative estimate of drug-likeness (QED) is 0.852. The van der Waals surface area contributed by atoms with Crippen molar-refractivity contribution in [1.82, 2.24) is 4.90 Å². The van der Waals surface area contributed by atoms with E-state index in [2.05, 4.69) is 0 Å². The molecule has 0 amide bonds. The standard InChI is InChI=1S/C12H17F3N2O/c1-17(9-12(13,14)15)6-7-18-11-5-3-2-4-10(11)8-16/h2-5H,6-9,16H2,1H3. The summed E-state index contributed by atoms with van der Waals surface area (Å²) in [5, 5.41) is 0. The Morgan fingerprint density at radius 3 is 2.56 bits per heavy atom. The maximum absolute atomic E-state index is 12.1. The molecule has 6 heteroatoms. The van der Waals surface area contributed by atoms with E-state index in [1.54, 1.807) is 12.1 Å². The van der Waals surface area contributed by atoms with Crippen LogP contribution in [0.4, 0.5) is 13.2 Å². The van der Waals surface area contributed by atoms with Gasteiger partial charge in [0, 0.05) is 18.7 Å². The summed E-state index contributed by atoms with van der Waals surface area (Å²) in [6.45, 7) is -0.189. The van der Waals surface area contributed by atoms with Crippen LogP contribution in [0.2, 0.25) is 0 Å². The fourth-order valence-electron chi connectivity index (χ4n) is 1.51. The largest absolute Gasteiger partial charge is 0.492 e. The van der Waals surface area contributed by atoms with E-state index < -0.39 is 12.7 Å². The van der Waals surface area contributed by atoms with Gasteiger partial charge in [0.2, 0.25) is 0 Å². The van der Waals surface area contributed by atoms with Crippen LogP contribution in [0.15, 0.2) is 24.3 Å². The van der Waals surface area contributed by atoms with Gasteiger partial charge in [-0.1, -0.05) is 18.2 Å². The normalized spacial score (nSPS) is 11.9. The average molecular weight is 262 g/mol. The molecule has 0 bridgehead atoms. The second-order valence-electron chi connectivity index (χ2n) is 4.01. The topological polar surface area (TPSA) is 38.5 Å². The number of hydrogen-bond donors (Lipinski definition) is 1. The molecule has 0 aromatic heterocycles. The summed E-state index contributed by atoms with van der Waals surface area (Å²) in [5.41, 5.74) is 6.37. The molecule has 3 nitrogen and oxygen atoms in total. The molecule has 0 fully saturated rings. The third kappa shape index (κ3) is 5.37. The molecule has 18 heavy (non-hydrogen) atoms. The monoisotopic (exact) mass is 262 g/mol. The third-order valence-corrected chi connectivity index (χ3v) is 2.37. The number of ether oxygens (including phenoxy) is 1. The Balaban J connectivity index is 2.37. The number of nitrogens with two attached hydrogens (primary N) is 1. The van der Waals surface area contributed by atoms with E-state index in [0.717, 1.165) is 5.56 Å². The Hall–Kier alpha value is -1.27. The SMILES string of the molecule is CN(CCOc1ccccc1CN)CC(F)(F)F. The minimum atomic E-state index is -4.18. The fraction of sp³-hybridized carbons (Fsp3) is 0.500. The third-order valence-electron chi connectivity index (χ3n) is 2.37. The summed E-state index contributed by atoms with van der Waals surface area (Å²) in [4.78, 5) is 1.17. The van der Waals surface area contributed by atoms with Crippen molar-refractivity contribution in [2.45, 2.75) is 12.7 Å². The van der Waals surface area contributed by atoms with Crippen LogP contribution in [0, 0.1) is 0 Å². The number of likely N-dealkylation sites (N-methyl/N-ethyl adjacent to an activating group) is 1. The molecule has 0 unspecified atom stereocenters. The first-order valence-corrected chi connectivity index (χ1v) is 5.58. The Kier molecular flexibility index (Phi) is 5.43. The lowest BCUT2D eigenvalue weighted by molar-refractivity contribution is -0.143. The number of alkyl halides is 3. The molecule has 0 atom stereocenters. The first-order chi connectivity index (χ1) is 8.42. The fourth-order valence-corrected chi connectivity index (χ4v) is 1.51. The Morgan fingerprint density at radius 2 is 1.94 bits per heavy atom. The number of nitrogens with zero attached hydrogens (tertiary/aromatic N) is 1. The van der Waals surface area contributed by atoms with E-state index in [1.807, 2.05) is 12.1 Å². The zero-order chi connectivity index (χ0) is 13.6. The van der Waals surface area contributed by atoms with Crippen LogP contribution in [0.3, 0.4) is 0 Å². The lowest BCUT2D eigenvalue weighted by Crippen LogP contribution is -2.33. The van der Waals surface area contributed by atoms with Gasteiger partial charge in [-0.25, -0.2) is 0 Å². The minimum absolute atomic E-state index is 0.198. The lowest BCUT2D eigenvalue weighted by atomic mass is 10.2. The van der Waals surface area contributed by atoms with E-state index >= 15 is 0 Å². The molecular formula is C12H17F3N2O. The second-order valence-corrected chi connectivity index (χ2v) is 4.01. The first-order valence-electron chi connectivity index (χ1n) is 5.58. The van der Waals surface area contributed by atoms with E-state index in [-0.39, 0.29) is 13.2 Å². The number of para-hydroxylation sites is 1. The van der Waals surface area contributed by atoms with Gasteiger partial charge >= 0.3 is 6.18 Å². The maximum atomic E-state index is 12.1. The van der Waals surface area contributed by atoms with Gasteiger partial charge in [0.25, 0.3) is 0 Å². The van der Waals surface area contributed by atoms with Crippen LogP contribution >= 0.6 is 0 Å². The first kappa shape index (κ1) is 14.8. The van der Waals surface area contributed by atoms with Crippen LogP contribution in [0.1, 0.15) is 5.56 Å². The highest BCUT2D eigenvalue weighted by molar-refractivity contribution is 5.32. The van der Waals surface area contributed by atoms with Crippen molar-refractivity contribution in [3.63, 3.8) is 0 Å².